The predicted octanol–water partition coefficient (Wildman–Crippen LogP) is 0.892. The van der Waals surface area contributed by atoms with Crippen LogP contribution in [0.5, 0.6) is 0 Å². The van der Waals surface area contributed by atoms with Gasteiger partial charge in [0.05, 0.1) is 0 Å². The summed E-state index contributed by atoms with van der Waals surface area (Å²) in [4.78, 5) is 37.0. The van der Waals surface area contributed by atoms with Gasteiger partial charge in [0.1, 0.15) is 11.7 Å². The molecule has 102 valence electrons. The lowest BCUT2D eigenvalue weighted by Gasteiger charge is -2.13. The minimum Gasteiger partial charge on any atom is -0.481 e. The number of aliphatic carboxylic acids is 2. The molecule has 0 spiro atoms. The molecule has 1 atom stereocenters. The molecule has 0 aliphatic rings. The summed E-state index contributed by atoms with van der Waals surface area (Å²) in [5.41, 5.74) is 0.0454. The molecule has 1 rings (SSSR count). The Labute approximate surface area is 116 Å². The SMILES string of the molecule is O=C(O)CCC(NC(=O)c1ncccc1Br)C(=O)O. The highest BCUT2D eigenvalue weighted by molar-refractivity contribution is 9.10. The van der Waals surface area contributed by atoms with Crippen LogP contribution in [0, 0.1) is 0 Å². The molecule has 0 saturated heterocycles. The van der Waals surface area contributed by atoms with E-state index >= 15 is 0 Å². The predicted molar refractivity (Wildman–Crippen MR) is 67.7 cm³/mol. The lowest BCUT2D eigenvalue weighted by atomic mass is 10.1. The second-order valence-electron chi connectivity index (χ2n) is 3.63. The number of carbonyl (C=O) groups is 3. The molecule has 0 aromatic carbocycles. The van der Waals surface area contributed by atoms with Gasteiger partial charge in [-0.15, -0.1) is 0 Å². The van der Waals surface area contributed by atoms with Crippen LogP contribution in [0.1, 0.15) is 23.3 Å². The number of hydrogen-bond acceptors (Lipinski definition) is 4. The van der Waals surface area contributed by atoms with Crippen molar-refractivity contribution in [3.05, 3.63) is 28.5 Å². The molecule has 19 heavy (non-hydrogen) atoms. The highest BCUT2D eigenvalue weighted by Gasteiger charge is 2.23. The van der Waals surface area contributed by atoms with E-state index in [1.165, 1.54) is 6.20 Å². The number of halogens is 1. The van der Waals surface area contributed by atoms with Crippen LogP contribution in [0.2, 0.25) is 0 Å². The van der Waals surface area contributed by atoms with E-state index in [1.54, 1.807) is 12.1 Å². The van der Waals surface area contributed by atoms with Gasteiger partial charge >= 0.3 is 11.9 Å². The van der Waals surface area contributed by atoms with Crippen molar-refractivity contribution in [3.63, 3.8) is 0 Å². The van der Waals surface area contributed by atoms with Crippen LogP contribution in [-0.4, -0.2) is 39.1 Å². The van der Waals surface area contributed by atoms with Crippen LogP contribution in [0.15, 0.2) is 22.8 Å². The number of nitrogens with one attached hydrogen (secondary N) is 1. The topological polar surface area (TPSA) is 117 Å². The lowest BCUT2D eigenvalue weighted by Crippen LogP contribution is -2.41. The number of hydrogen-bond donors (Lipinski definition) is 3. The van der Waals surface area contributed by atoms with Crippen LogP contribution in [0.4, 0.5) is 0 Å². The number of rotatable bonds is 6. The first kappa shape index (κ1) is 15.1. The first-order valence-corrected chi connectivity index (χ1v) is 6.07. The Bertz CT molecular complexity index is 506. The van der Waals surface area contributed by atoms with E-state index < -0.39 is 23.9 Å². The van der Waals surface area contributed by atoms with Crippen molar-refractivity contribution in [2.75, 3.05) is 0 Å². The van der Waals surface area contributed by atoms with Crippen molar-refractivity contribution in [2.45, 2.75) is 18.9 Å². The second kappa shape index (κ2) is 6.83. The van der Waals surface area contributed by atoms with E-state index in [-0.39, 0.29) is 18.5 Å². The minimum atomic E-state index is -1.29. The number of carboxylic acids is 2. The van der Waals surface area contributed by atoms with Gasteiger partial charge in [-0.25, -0.2) is 9.78 Å². The third-order valence-electron chi connectivity index (χ3n) is 2.22. The smallest absolute Gasteiger partial charge is 0.326 e. The van der Waals surface area contributed by atoms with Gasteiger partial charge in [-0.1, -0.05) is 0 Å². The minimum absolute atomic E-state index is 0.0454. The maximum Gasteiger partial charge on any atom is 0.326 e. The molecule has 8 heteroatoms. The first-order valence-electron chi connectivity index (χ1n) is 5.27. The van der Waals surface area contributed by atoms with E-state index in [1.807, 2.05) is 0 Å². The molecule has 0 radical (unpaired) electrons. The molecule has 1 amide bonds. The van der Waals surface area contributed by atoms with Crippen molar-refractivity contribution in [2.24, 2.45) is 0 Å². The zero-order chi connectivity index (χ0) is 14.4. The highest BCUT2D eigenvalue weighted by atomic mass is 79.9. The number of aromatic nitrogens is 1. The van der Waals surface area contributed by atoms with Gasteiger partial charge < -0.3 is 15.5 Å². The Balaban J connectivity index is 2.74. The largest absolute Gasteiger partial charge is 0.481 e. The van der Waals surface area contributed by atoms with Gasteiger partial charge in [-0.3, -0.25) is 9.59 Å². The summed E-state index contributed by atoms with van der Waals surface area (Å²) in [6, 6.07) is 1.94. The molecule has 7 nitrogen and oxygen atoms in total. The zero-order valence-electron chi connectivity index (χ0n) is 9.67. The van der Waals surface area contributed by atoms with E-state index in [4.69, 9.17) is 10.2 Å². The van der Waals surface area contributed by atoms with Crippen molar-refractivity contribution >= 4 is 33.8 Å². The average Bonchev–Trinajstić information content (AvgIpc) is 2.34. The summed E-state index contributed by atoms with van der Waals surface area (Å²) >= 11 is 3.12. The number of amides is 1. The van der Waals surface area contributed by atoms with Crippen LogP contribution < -0.4 is 5.32 Å². The van der Waals surface area contributed by atoms with Crippen molar-refractivity contribution < 1.29 is 24.6 Å². The van der Waals surface area contributed by atoms with Crippen LogP contribution >= 0.6 is 15.9 Å². The van der Waals surface area contributed by atoms with Crippen LogP contribution in [0.3, 0.4) is 0 Å². The molecule has 1 heterocycles. The van der Waals surface area contributed by atoms with E-state index in [0.29, 0.717) is 4.47 Å². The van der Waals surface area contributed by atoms with Gasteiger partial charge in [0.25, 0.3) is 5.91 Å². The van der Waals surface area contributed by atoms with Crippen molar-refractivity contribution in [1.82, 2.24) is 10.3 Å². The monoisotopic (exact) mass is 330 g/mol. The van der Waals surface area contributed by atoms with E-state index in [2.05, 4.69) is 26.2 Å². The van der Waals surface area contributed by atoms with E-state index in [0.717, 1.165) is 0 Å². The molecule has 0 aliphatic carbocycles. The second-order valence-corrected chi connectivity index (χ2v) is 4.48. The summed E-state index contributed by atoms with van der Waals surface area (Å²) in [5.74, 6) is -3.09. The van der Waals surface area contributed by atoms with Gasteiger partial charge in [0, 0.05) is 17.1 Å². The first-order chi connectivity index (χ1) is 8.91. The maximum atomic E-state index is 11.8. The highest BCUT2D eigenvalue weighted by Crippen LogP contribution is 2.13. The quantitative estimate of drug-likeness (QED) is 0.713. The van der Waals surface area contributed by atoms with E-state index in [9.17, 15) is 14.4 Å². The standard InChI is InChI=1S/C11H11BrN2O5/c12-6-2-1-5-13-9(6)10(17)14-7(11(18)19)3-4-8(15)16/h1-2,5,7H,3-4H2,(H,14,17)(H,15,16)(H,18,19). The molecule has 3 N–H and O–H groups in total. The lowest BCUT2D eigenvalue weighted by molar-refractivity contribution is -0.140. The molecule has 0 fully saturated rings. The van der Waals surface area contributed by atoms with Gasteiger partial charge in [0.15, 0.2) is 0 Å². The van der Waals surface area contributed by atoms with Gasteiger partial charge in [-0.05, 0) is 34.5 Å². The Kier molecular flexibility index (Phi) is 5.43. The third-order valence-corrected chi connectivity index (χ3v) is 2.86. The van der Waals surface area contributed by atoms with Gasteiger partial charge in [0.2, 0.25) is 0 Å². The van der Waals surface area contributed by atoms with Gasteiger partial charge in [-0.2, -0.15) is 0 Å². The number of carboxylic acid groups (broad SMARTS) is 2. The summed E-state index contributed by atoms with van der Waals surface area (Å²) in [6.45, 7) is 0. The molecular weight excluding hydrogens is 320 g/mol. The maximum absolute atomic E-state index is 11.8. The summed E-state index contributed by atoms with van der Waals surface area (Å²) in [5, 5.41) is 19.7. The fourth-order valence-corrected chi connectivity index (χ4v) is 1.74. The summed E-state index contributed by atoms with van der Waals surface area (Å²) in [7, 11) is 0. The Morgan fingerprint density at radius 2 is 2.05 bits per heavy atom. The Hall–Kier alpha value is -1.96. The summed E-state index contributed by atoms with van der Waals surface area (Å²) < 4.78 is 0.426. The number of pyridine rings is 1. The Morgan fingerprint density at radius 1 is 1.37 bits per heavy atom. The molecule has 1 aromatic rings. The molecule has 1 aromatic heterocycles. The molecule has 0 bridgehead atoms. The number of carbonyl (C=O) groups excluding carboxylic acids is 1. The normalized spacial score (nSPS) is 11.6. The third kappa shape index (κ3) is 4.66. The average molecular weight is 331 g/mol. The van der Waals surface area contributed by atoms with Crippen LogP contribution in [0.25, 0.3) is 0 Å². The fourth-order valence-electron chi connectivity index (χ4n) is 1.30. The Morgan fingerprint density at radius 3 is 2.58 bits per heavy atom. The van der Waals surface area contributed by atoms with Crippen LogP contribution in [-0.2, 0) is 9.59 Å². The fraction of sp³-hybridized carbons (Fsp3) is 0.273. The molecule has 1 unspecified atom stereocenters. The van der Waals surface area contributed by atoms with Crippen molar-refractivity contribution in [1.29, 1.82) is 0 Å². The van der Waals surface area contributed by atoms with Crippen molar-refractivity contribution in [3.8, 4) is 0 Å². The molecule has 0 aliphatic heterocycles. The molecule has 0 saturated carbocycles. The number of nitrogens with zero attached hydrogens (tertiary/aromatic N) is 1. The zero-order valence-corrected chi connectivity index (χ0v) is 11.3. The summed E-state index contributed by atoms with van der Waals surface area (Å²) in [6.07, 6.45) is 0.855. The molecular formula is C11H11BrN2O5.